The molecule has 0 aliphatic heterocycles. The quantitative estimate of drug-likeness (QED) is 0.414. The normalized spacial score (nSPS) is 10.6. The number of ether oxygens (including phenoxy) is 1. The number of amides is 1. The molecule has 0 radical (unpaired) electrons. The Morgan fingerprint density at radius 1 is 1.28 bits per heavy atom. The van der Waals surface area contributed by atoms with Gasteiger partial charge in [-0.3, -0.25) is 14.9 Å². The molecule has 0 aliphatic rings. The van der Waals surface area contributed by atoms with Crippen LogP contribution in [0.25, 0.3) is 0 Å². The topological polar surface area (TPSA) is 134 Å². The van der Waals surface area contributed by atoms with Crippen LogP contribution in [0, 0.1) is 10.1 Å². The molecule has 3 N–H and O–H groups in total. The second-order valence-corrected chi connectivity index (χ2v) is 4.97. The summed E-state index contributed by atoms with van der Waals surface area (Å²) in [4.78, 5) is 21.8. The lowest BCUT2D eigenvalue weighted by atomic mass is 10.1. The lowest BCUT2D eigenvalue weighted by Gasteiger charge is -2.03. The highest BCUT2D eigenvalue weighted by atomic mass is 16.6. The van der Waals surface area contributed by atoms with Crippen LogP contribution in [-0.2, 0) is 11.2 Å². The summed E-state index contributed by atoms with van der Waals surface area (Å²) in [6.45, 7) is 0. The number of hydrazone groups is 1. The fraction of sp³-hybridized carbons (Fsp3) is 0.125. The molecule has 2 aromatic carbocycles. The van der Waals surface area contributed by atoms with Gasteiger partial charge in [-0.2, -0.15) is 5.10 Å². The molecule has 1 amide bonds. The summed E-state index contributed by atoms with van der Waals surface area (Å²) >= 11 is 0. The molecule has 0 bridgehead atoms. The molecular weight excluding hydrogens is 330 g/mol. The van der Waals surface area contributed by atoms with Gasteiger partial charge >= 0.3 is 5.69 Å². The number of nitrogens with zero attached hydrogens (tertiary/aromatic N) is 2. The number of nitrogens with one attached hydrogen (secondary N) is 1. The Hall–Kier alpha value is -3.62. The van der Waals surface area contributed by atoms with Gasteiger partial charge in [0.1, 0.15) is 11.5 Å². The Morgan fingerprint density at radius 3 is 2.56 bits per heavy atom. The van der Waals surface area contributed by atoms with Crippen LogP contribution in [0.2, 0.25) is 0 Å². The van der Waals surface area contributed by atoms with E-state index in [4.69, 9.17) is 4.74 Å². The standard InChI is InChI=1S/C16H15N3O6/c1-25-12-4-2-10(3-5-12)6-16(22)18-17-9-11-7-13(19(23)24)15(21)8-14(11)20/h2-5,7-9,20-21H,6H2,1H3,(H,18,22)/b17-9-. The third-order valence-corrected chi connectivity index (χ3v) is 3.24. The highest BCUT2D eigenvalue weighted by Crippen LogP contribution is 2.31. The van der Waals surface area contributed by atoms with Crippen LogP contribution in [-0.4, -0.2) is 34.4 Å². The van der Waals surface area contributed by atoms with Crippen molar-refractivity contribution in [3.63, 3.8) is 0 Å². The lowest BCUT2D eigenvalue weighted by molar-refractivity contribution is -0.385. The Balaban J connectivity index is 2.01. The fourth-order valence-electron chi connectivity index (χ4n) is 1.97. The van der Waals surface area contributed by atoms with Crippen LogP contribution < -0.4 is 10.2 Å². The fourth-order valence-corrected chi connectivity index (χ4v) is 1.97. The third-order valence-electron chi connectivity index (χ3n) is 3.24. The first-order valence-corrected chi connectivity index (χ1v) is 7.06. The largest absolute Gasteiger partial charge is 0.507 e. The molecule has 25 heavy (non-hydrogen) atoms. The van der Waals surface area contributed by atoms with E-state index in [2.05, 4.69) is 10.5 Å². The number of nitro benzene ring substituents is 1. The van der Waals surface area contributed by atoms with Crippen molar-refractivity contribution in [1.82, 2.24) is 5.43 Å². The van der Waals surface area contributed by atoms with Gasteiger partial charge in [0.2, 0.25) is 5.91 Å². The van der Waals surface area contributed by atoms with E-state index >= 15 is 0 Å². The minimum atomic E-state index is -0.797. The number of carbonyl (C=O) groups excluding carboxylic acids is 1. The molecule has 0 spiro atoms. The molecular formula is C16H15N3O6. The number of hydrogen-bond donors (Lipinski definition) is 3. The van der Waals surface area contributed by atoms with Crippen molar-refractivity contribution in [3.05, 3.63) is 57.6 Å². The maximum atomic E-state index is 11.8. The van der Waals surface area contributed by atoms with Gasteiger partial charge in [-0.25, -0.2) is 5.43 Å². The van der Waals surface area contributed by atoms with Gasteiger partial charge in [0.05, 0.1) is 24.7 Å². The number of nitro groups is 1. The molecule has 0 heterocycles. The Labute approximate surface area is 142 Å². The number of phenols is 2. The zero-order valence-electron chi connectivity index (χ0n) is 13.2. The molecule has 9 nitrogen and oxygen atoms in total. The second kappa shape index (κ2) is 7.77. The molecule has 0 fully saturated rings. The van der Waals surface area contributed by atoms with Crippen LogP contribution in [0.15, 0.2) is 41.5 Å². The summed E-state index contributed by atoms with van der Waals surface area (Å²) < 4.78 is 5.02. The molecule has 0 saturated carbocycles. The number of hydrogen-bond acceptors (Lipinski definition) is 7. The summed E-state index contributed by atoms with van der Waals surface area (Å²) in [6, 6.07) is 8.69. The van der Waals surface area contributed by atoms with Crippen LogP contribution in [0.3, 0.4) is 0 Å². The first-order chi connectivity index (χ1) is 11.9. The van der Waals surface area contributed by atoms with Gasteiger partial charge in [0.15, 0.2) is 5.75 Å². The molecule has 2 aromatic rings. The number of methoxy groups -OCH3 is 1. The van der Waals surface area contributed by atoms with E-state index in [0.717, 1.165) is 23.9 Å². The van der Waals surface area contributed by atoms with Gasteiger partial charge in [0.25, 0.3) is 0 Å². The SMILES string of the molecule is COc1ccc(CC(=O)N/N=C\c2cc([N+](=O)[O-])c(O)cc2O)cc1. The van der Waals surface area contributed by atoms with E-state index in [1.165, 1.54) is 0 Å². The number of phenolic OH excluding ortho intramolecular Hbond substituents is 2. The van der Waals surface area contributed by atoms with Gasteiger partial charge < -0.3 is 14.9 Å². The average Bonchev–Trinajstić information content (AvgIpc) is 2.57. The van der Waals surface area contributed by atoms with Crippen molar-refractivity contribution in [1.29, 1.82) is 0 Å². The van der Waals surface area contributed by atoms with Crippen LogP contribution in [0.4, 0.5) is 5.69 Å². The first kappa shape index (κ1) is 17.7. The van der Waals surface area contributed by atoms with E-state index in [1.54, 1.807) is 31.4 Å². The summed E-state index contributed by atoms with van der Waals surface area (Å²) in [5.41, 5.74) is 2.40. The summed E-state index contributed by atoms with van der Waals surface area (Å²) in [7, 11) is 1.54. The van der Waals surface area contributed by atoms with Crippen molar-refractivity contribution in [2.75, 3.05) is 7.11 Å². The monoisotopic (exact) mass is 345 g/mol. The maximum Gasteiger partial charge on any atom is 0.311 e. The van der Waals surface area contributed by atoms with E-state index in [-0.39, 0.29) is 12.0 Å². The lowest BCUT2D eigenvalue weighted by Crippen LogP contribution is -2.19. The minimum absolute atomic E-state index is 0.0192. The smallest absolute Gasteiger partial charge is 0.311 e. The van der Waals surface area contributed by atoms with E-state index in [9.17, 15) is 25.1 Å². The summed E-state index contributed by atoms with van der Waals surface area (Å²) in [6.07, 6.45) is 1.12. The van der Waals surface area contributed by atoms with Crippen LogP contribution in [0.1, 0.15) is 11.1 Å². The number of benzene rings is 2. The van der Waals surface area contributed by atoms with E-state index in [0.29, 0.717) is 5.75 Å². The van der Waals surface area contributed by atoms with Crippen molar-refractivity contribution in [3.8, 4) is 17.2 Å². The van der Waals surface area contributed by atoms with Gasteiger partial charge in [-0.05, 0) is 17.7 Å². The molecule has 0 saturated heterocycles. The van der Waals surface area contributed by atoms with Gasteiger partial charge in [0, 0.05) is 17.7 Å². The molecule has 0 atom stereocenters. The van der Waals surface area contributed by atoms with Crippen molar-refractivity contribution in [2.24, 2.45) is 5.10 Å². The molecule has 0 unspecified atom stereocenters. The van der Waals surface area contributed by atoms with Crippen molar-refractivity contribution < 1.29 is 24.7 Å². The highest BCUT2D eigenvalue weighted by Gasteiger charge is 2.16. The van der Waals surface area contributed by atoms with Gasteiger partial charge in [-0.1, -0.05) is 12.1 Å². The van der Waals surface area contributed by atoms with E-state index < -0.39 is 28.0 Å². The molecule has 9 heteroatoms. The number of aromatic hydroxyl groups is 2. The highest BCUT2D eigenvalue weighted by molar-refractivity contribution is 5.87. The predicted octanol–water partition coefficient (Wildman–Crippen LogP) is 1.71. The Morgan fingerprint density at radius 2 is 1.96 bits per heavy atom. The van der Waals surface area contributed by atoms with Crippen LogP contribution in [0.5, 0.6) is 17.2 Å². The number of rotatable bonds is 6. The zero-order chi connectivity index (χ0) is 18.4. The Bertz CT molecular complexity index is 817. The zero-order valence-corrected chi connectivity index (χ0v) is 13.2. The Kier molecular flexibility index (Phi) is 5.51. The third kappa shape index (κ3) is 4.67. The first-order valence-electron chi connectivity index (χ1n) is 7.06. The minimum Gasteiger partial charge on any atom is -0.507 e. The van der Waals surface area contributed by atoms with Crippen LogP contribution >= 0.6 is 0 Å². The second-order valence-electron chi connectivity index (χ2n) is 4.97. The number of carbonyl (C=O) groups is 1. The molecule has 130 valence electrons. The molecule has 0 aliphatic carbocycles. The van der Waals surface area contributed by atoms with Crippen molar-refractivity contribution in [2.45, 2.75) is 6.42 Å². The average molecular weight is 345 g/mol. The summed E-state index contributed by atoms with van der Waals surface area (Å²) in [5, 5.41) is 33.4. The van der Waals surface area contributed by atoms with Gasteiger partial charge in [-0.15, -0.1) is 0 Å². The molecule has 0 aromatic heterocycles. The maximum absolute atomic E-state index is 11.8. The summed E-state index contributed by atoms with van der Waals surface area (Å²) in [5.74, 6) is -0.805. The predicted molar refractivity (Wildman–Crippen MR) is 88.9 cm³/mol. The van der Waals surface area contributed by atoms with Crippen molar-refractivity contribution >= 4 is 17.8 Å². The molecule has 2 rings (SSSR count). The van der Waals surface area contributed by atoms with E-state index in [1.807, 2.05) is 0 Å².